The van der Waals surface area contributed by atoms with Gasteiger partial charge in [0.15, 0.2) is 11.6 Å². The van der Waals surface area contributed by atoms with Crippen molar-refractivity contribution in [2.75, 3.05) is 23.3 Å². The van der Waals surface area contributed by atoms with Crippen LogP contribution >= 0.6 is 0 Å². The van der Waals surface area contributed by atoms with E-state index in [0.29, 0.717) is 6.54 Å². The van der Waals surface area contributed by atoms with Crippen molar-refractivity contribution < 1.29 is 4.79 Å². The van der Waals surface area contributed by atoms with Gasteiger partial charge in [-0.15, -0.1) is 10.2 Å². The maximum Gasteiger partial charge on any atom is 0.229 e. The second-order valence-corrected chi connectivity index (χ2v) is 6.86. The van der Waals surface area contributed by atoms with E-state index in [-0.39, 0.29) is 11.8 Å². The number of carbonyl (C=O) groups is 1. The van der Waals surface area contributed by atoms with Gasteiger partial charge in [0, 0.05) is 31.2 Å². The average molecular weight is 362 g/mol. The van der Waals surface area contributed by atoms with Crippen molar-refractivity contribution in [1.82, 2.24) is 19.7 Å². The lowest BCUT2D eigenvalue weighted by atomic mass is 9.97. The molecule has 1 saturated heterocycles. The monoisotopic (exact) mass is 362 g/mol. The Morgan fingerprint density at radius 1 is 1.19 bits per heavy atom. The zero-order valence-corrected chi connectivity index (χ0v) is 15.2. The topological polar surface area (TPSA) is 75.9 Å². The number of hydrogen-bond acceptors (Lipinski definition) is 5. The molecule has 1 amide bonds. The number of nitrogens with zero attached hydrogens (tertiary/aromatic N) is 5. The van der Waals surface area contributed by atoms with Crippen LogP contribution in [-0.2, 0) is 4.79 Å². The molecule has 3 heterocycles. The Hall–Kier alpha value is -3.22. The highest BCUT2D eigenvalue weighted by Gasteiger charge is 2.26. The molecule has 3 aromatic rings. The fourth-order valence-corrected chi connectivity index (χ4v) is 3.39. The Bertz CT molecular complexity index is 906. The van der Waals surface area contributed by atoms with Crippen LogP contribution in [-0.4, -0.2) is 38.7 Å². The molecular formula is C20H22N6O. The lowest BCUT2D eigenvalue weighted by Gasteiger charge is -2.32. The van der Waals surface area contributed by atoms with Crippen molar-refractivity contribution in [3.8, 4) is 5.82 Å². The number of benzene rings is 1. The summed E-state index contributed by atoms with van der Waals surface area (Å²) in [5.74, 6) is 1.52. The second-order valence-electron chi connectivity index (χ2n) is 6.86. The third kappa shape index (κ3) is 3.97. The van der Waals surface area contributed by atoms with E-state index in [4.69, 9.17) is 0 Å². The number of hydrogen-bond donors (Lipinski definition) is 1. The van der Waals surface area contributed by atoms with Crippen molar-refractivity contribution in [3.63, 3.8) is 0 Å². The summed E-state index contributed by atoms with van der Waals surface area (Å²) >= 11 is 0. The fourth-order valence-electron chi connectivity index (χ4n) is 3.39. The molecule has 0 radical (unpaired) electrons. The van der Waals surface area contributed by atoms with Crippen LogP contribution in [0.5, 0.6) is 0 Å². The summed E-state index contributed by atoms with van der Waals surface area (Å²) < 4.78 is 1.81. The fraction of sp³-hybridized carbons (Fsp3) is 0.300. The van der Waals surface area contributed by atoms with Gasteiger partial charge in [0.1, 0.15) is 6.33 Å². The normalized spacial score (nSPS) is 16.9. The maximum atomic E-state index is 12.7. The van der Waals surface area contributed by atoms with Crippen molar-refractivity contribution in [2.24, 2.45) is 5.92 Å². The summed E-state index contributed by atoms with van der Waals surface area (Å²) in [6.07, 6.45) is 7.07. The number of piperidine rings is 1. The predicted octanol–water partition coefficient (Wildman–Crippen LogP) is 2.83. The molecule has 1 aromatic carbocycles. The zero-order chi connectivity index (χ0) is 18.6. The van der Waals surface area contributed by atoms with Gasteiger partial charge in [-0.25, -0.2) is 4.98 Å². The number of amides is 1. The molecule has 0 saturated carbocycles. The SMILES string of the molecule is Cc1cccc(NC(=O)C2CCCN(c3ccc(-n4ccnc4)nn3)C2)c1. The number of imidazole rings is 1. The Balaban J connectivity index is 1.42. The third-order valence-corrected chi connectivity index (χ3v) is 4.81. The van der Waals surface area contributed by atoms with Crippen LogP contribution in [0, 0.1) is 12.8 Å². The lowest BCUT2D eigenvalue weighted by Crippen LogP contribution is -2.41. The van der Waals surface area contributed by atoms with Gasteiger partial charge in [-0.1, -0.05) is 12.1 Å². The molecule has 0 bridgehead atoms. The standard InChI is InChI=1S/C20H22N6O/c1-15-4-2-6-17(12-15)22-20(27)16-5-3-10-25(13-16)18-7-8-19(24-23-18)26-11-9-21-14-26/h2,4,6-9,11-12,14,16H,3,5,10,13H2,1H3,(H,22,27). The molecule has 2 aromatic heterocycles. The minimum absolute atomic E-state index is 0.0608. The summed E-state index contributed by atoms with van der Waals surface area (Å²) in [4.78, 5) is 18.8. The zero-order valence-electron chi connectivity index (χ0n) is 15.2. The van der Waals surface area contributed by atoms with E-state index in [2.05, 4.69) is 25.4 Å². The van der Waals surface area contributed by atoms with Gasteiger partial charge in [0.2, 0.25) is 5.91 Å². The summed E-state index contributed by atoms with van der Waals surface area (Å²) in [5.41, 5.74) is 1.98. The first-order valence-corrected chi connectivity index (χ1v) is 9.13. The maximum absolute atomic E-state index is 12.7. The average Bonchev–Trinajstić information content (AvgIpc) is 3.23. The van der Waals surface area contributed by atoms with Crippen LogP contribution in [0.2, 0.25) is 0 Å². The van der Waals surface area contributed by atoms with Crippen LogP contribution in [0.3, 0.4) is 0 Å². The van der Waals surface area contributed by atoms with Crippen LogP contribution in [0.4, 0.5) is 11.5 Å². The number of aryl methyl sites for hydroxylation is 1. The van der Waals surface area contributed by atoms with Gasteiger partial charge in [0.05, 0.1) is 5.92 Å². The molecule has 0 aliphatic carbocycles. The number of aromatic nitrogens is 4. The number of anilines is 2. The first-order valence-electron chi connectivity index (χ1n) is 9.13. The molecule has 1 aliphatic rings. The van der Waals surface area contributed by atoms with Crippen LogP contribution in [0.15, 0.2) is 55.1 Å². The highest BCUT2D eigenvalue weighted by molar-refractivity contribution is 5.93. The Kier molecular flexibility index (Phi) is 4.82. The van der Waals surface area contributed by atoms with Gasteiger partial charge < -0.3 is 10.2 Å². The highest BCUT2D eigenvalue weighted by Crippen LogP contribution is 2.23. The minimum Gasteiger partial charge on any atom is -0.354 e. The molecule has 7 heteroatoms. The smallest absolute Gasteiger partial charge is 0.229 e. The molecule has 7 nitrogen and oxygen atoms in total. The van der Waals surface area contributed by atoms with E-state index in [9.17, 15) is 4.79 Å². The van der Waals surface area contributed by atoms with Gasteiger partial charge >= 0.3 is 0 Å². The Morgan fingerprint density at radius 2 is 2.04 bits per heavy atom. The molecule has 27 heavy (non-hydrogen) atoms. The third-order valence-electron chi connectivity index (χ3n) is 4.81. The highest BCUT2D eigenvalue weighted by atomic mass is 16.1. The molecule has 138 valence electrons. The molecule has 0 spiro atoms. The summed E-state index contributed by atoms with van der Waals surface area (Å²) in [7, 11) is 0. The predicted molar refractivity (Wildman–Crippen MR) is 104 cm³/mol. The molecule has 1 fully saturated rings. The first-order chi connectivity index (χ1) is 13.2. The summed E-state index contributed by atoms with van der Waals surface area (Å²) in [5, 5.41) is 11.7. The molecule has 1 aliphatic heterocycles. The lowest BCUT2D eigenvalue weighted by molar-refractivity contribution is -0.120. The van der Waals surface area contributed by atoms with Gasteiger partial charge in [-0.3, -0.25) is 9.36 Å². The second kappa shape index (κ2) is 7.57. The van der Waals surface area contributed by atoms with E-state index >= 15 is 0 Å². The molecule has 1 unspecified atom stereocenters. The van der Waals surface area contributed by atoms with Gasteiger partial charge in [-0.2, -0.15) is 0 Å². The molecule has 1 atom stereocenters. The van der Waals surface area contributed by atoms with Crippen LogP contribution in [0.25, 0.3) is 5.82 Å². The largest absolute Gasteiger partial charge is 0.354 e. The van der Waals surface area contributed by atoms with Crippen molar-refractivity contribution in [3.05, 3.63) is 60.7 Å². The van der Waals surface area contributed by atoms with Crippen LogP contribution in [0.1, 0.15) is 18.4 Å². The van der Waals surface area contributed by atoms with E-state index < -0.39 is 0 Å². The van der Waals surface area contributed by atoms with Crippen molar-refractivity contribution >= 4 is 17.4 Å². The molecule has 4 rings (SSSR count). The molecular weight excluding hydrogens is 340 g/mol. The number of nitrogens with one attached hydrogen (secondary N) is 1. The number of rotatable bonds is 4. The number of carbonyl (C=O) groups excluding carboxylic acids is 1. The van der Waals surface area contributed by atoms with Crippen molar-refractivity contribution in [1.29, 1.82) is 0 Å². The first kappa shape index (κ1) is 17.2. The minimum atomic E-state index is -0.0608. The van der Waals surface area contributed by atoms with Gasteiger partial charge in [-0.05, 0) is 49.6 Å². The molecule has 1 N–H and O–H groups in total. The van der Waals surface area contributed by atoms with E-state index in [0.717, 1.165) is 42.3 Å². The van der Waals surface area contributed by atoms with E-state index in [1.165, 1.54) is 0 Å². The summed E-state index contributed by atoms with van der Waals surface area (Å²) in [6, 6.07) is 11.7. The van der Waals surface area contributed by atoms with E-state index in [1.807, 2.05) is 54.1 Å². The quantitative estimate of drug-likeness (QED) is 0.772. The Labute approximate surface area is 158 Å². The van der Waals surface area contributed by atoms with E-state index in [1.54, 1.807) is 12.5 Å². The summed E-state index contributed by atoms with van der Waals surface area (Å²) in [6.45, 7) is 3.55. The van der Waals surface area contributed by atoms with Crippen LogP contribution < -0.4 is 10.2 Å². The Morgan fingerprint density at radius 3 is 2.78 bits per heavy atom. The van der Waals surface area contributed by atoms with Gasteiger partial charge in [0.25, 0.3) is 0 Å². The van der Waals surface area contributed by atoms with Crippen molar-refractivity contribution in [2.45, 2.75) is 19.8 Å².